The van der Waals surface area contributed by atoms with E-state index in [1.54, 1.807) is 11.0 Å². The molecule has 4 rings (SSSR count). The maximum atomic E-state index is 13.4. The van der Waals surface area contributed by atoms with Gasteiger partial charge in [0.2, 0.25) is 0 Å². The van der Waals surface area contributed by atoms with Crippen molar-refractivity contribution in [3.8, 4) is 5.75 Å². The molecule has 2 heterocycles. The van der Waals surface area contributed by atoms with Crippen molar-refractivity contribution in [2.24, 2.45) is 5.92 Å². The molecule has 2 aromatic carbocycles. The molecule has 0 saturated carbocycles. The minimum Gasteiger partial charge on any atom is -0.496 e. The lowest BCUT2D eigenvalue weighted by Crippen LogP contribution is -2.39. The molecule has 1 saturated heterocycles. The Balaban J connectivity index is 1.70. The molecule has 2 aliphatic heterocycles. The zero-order valence-electron chi connectivity index (χ0n) is 16.8. The molecule has 0 aliphatic carbocycles. The topological polar surface area (TPSA) is 66.9 Å². The Morgan fingerprint density at radius 2 is 1.93 bits per heavy atom. The number of methoxy groups -OCH3 is 1. The van der Waals surface area contributed by atoms with Crippen molar-refractivity contribution < 1.29 is 17.9 Å². The van der Waals surface area contributed by atoms with Crippen molar-refractivity contribution in [1.29, 1.82) is 0 Å². The Bertz CT molecular complexity index is 1030. The standard InChI is InChI=1S/C22H26N2O4S/c1-16-6-5-12-23(15-16)22(25)19-14-18(9-10-21(19)28-2)29(26,27)24-13-11-17-7-3-4-8-20(17)24/h3-4,7-10,14,16H,5-6,11-13,15H2,1-2H3/t16-/m0/s1. The van der Waals surface area contributed by atoms with Crippen molar-refractivity contribution in [3.05, 3.63) is 53.6 Å². The number of amides is 1. The van der Waals surface area contributed by atoms with Crippen LogP contribution in [0, 0.1) is 5.92 Å². The fourth-order valence-electron chi connectivity index (χ4n) is 4.24. The molecule has 0 radical (unpaired) electrons. The lowest BCUT2D eigenvalue weighted by Gasteiger charge is -2.31. The number of nitrogens with zero attached hydrogens (tertiary/aromatic N) is 2. The van der Waals surface area contributed by atoms with E-state index in [0.29, 0.717) is 49.0 Å². The molecular formula is C22H26N2O4S. The fourth-order valence-corrected chi connectivity index (χ4v) is 5.77. The number of fused-ring (bicyclic) bond motifs is 1. The molecular weight excluding hydrogens is 388 g/mol. The summed E-state index contributed by atoms with van der Waals surface area (Å²) < 4.78 is 33.5. The van der Waals surface area contributed by atoms with E-state index in [0.717, 1.165) is 18.4 Å². The van der Waals surface area contributed by atoms with Crippen LogP contribution in [0.1, 0.15) is 35.7 Å². The van der Waals surface area contributed by atoms with Crippen LogP contribution < -0.4 is 9.04 Å². The van der Waals surface area contributed by atoms with Crippen LogP contribution in [-0.2, 0) is 16.4 Å². The lowest BCUT2D eigenvalue weighted by atomic mass is 9.99. The van der Waals surface area contributed by atoms with Crippen LogP contribution in [0.2, 0.25) is 0 Å². The van der Waals surface area contributed by atoms with E-state index in [1.807, 2.05) is 24.3 Å². The Hall–Kier alpha value is -2.54. The third-order valence-electron chi connectivity index (χ3n) is 5.78. The minimum atomic E-state index is -3.77. The van der Waals surface area contributed by atoms with Gasteiger partial charge in [-0.1, -0.05) is 25.1 Å². The van der Waals surface area contributed by atoms with Gasteiger partial charge in [0.25, 0.3) is 15.9 Å². The van der Waals surface area contributed by atoms with Crippen molar-refractivity contribution in [1.82, 2.24) is 4.90 Å². The first-order valence-electron chi connectivity index (χ1n) is 10.00. The van der Waals surface area contributed by atoms with Crippen LogP contribution in [0.4, 0.5) is 5.69 Å². The monoisotopic (exact) mass is 414 g/mol. The number of para-hydroxylation sites is 1. The molecule has 2 aromatic rings. The number of benzene rings is 2. The van der Waals surface area contributed by atoms with Gasteiger partial charge in [0.1, 0.15) is 5.75 Å². The van der Waals surface area contributed by atoms with E-state index in [2.05, 4.69) is 6.92 Å². The second kappa shape index (κ2) is 7.71. The normalized spacial score (nSPS) is 19.2. The van der Waals surface area contributed by atoms with Gasteiger partial charge in [0, 0.05) is 19.6 Å². The van der Waals surface area contributed by atoms with Gasteiger partial charge in [-0.15, -0.1) is 0 Å². The Morgan fingerprint density at radius 3 is 2.69 bits per heavy atom. The SMILES string of the molecule is COc1ccc(S(=O)(=O)N2CCc3ccccc32)cc1C(=O)N1CCC[C@H](C)C1. The molecule has 7 heteroatoms. The smallest absolute Gasteiger partial charge is 0.264 e. The van der Waals surface area contributed by atoms with E-state index in [4.69, 9.17) is 4.74 Å². The van der Waals surface area contributed by atoms with Crippen LogP contribution in [-0.4, -0.2) is 46.0 Å². The van der Waals surface area contributed by atoms with Crippen molar-refractivity contribution in [2.75, 3.05) is 31.0 Å². The fraction of sp³-hybridized carbons (Fsp3) is 0.409. The zero-order valence-corrected chi connectivity index (χ0v) is 17.6. The van der Waals surface area contributed by atoms with Crippen LogP contribution in [0.25, 0.3) is 0 Å². The molecule has 6 nitrogen and oxygen atoms in total. The molecule has 1 amide bonds. The van der Waals surface area contributed by atoms with Crippen LogP contribution >= 0.6 is 0 Å². The summed E-state index contributed by atoms with van der Waals surface area (Å²) in [6.45, 7) is 3.89. The number of likely N-dealkylation sites (tertiary alicyclic amines) is 1. The summed E-state index contributed by atoms with van der Waals surface area (Å²) in [6.07, 6.45) is 2.74. The van der Waals surface area contributed by atoms with Crippen LogP contribution in [0.15, 0.2) is 47.4 Å². The Kier molecular flexibility index (Phi) is 5.25. The van der Waals surface area contributed by atoms with E-state index < -0.39 is 10.0 Å². The predicted octanol–water partition coefficient (Wildman–Crippen LogP) is 3.32. The maximum Gasteiger partial charge on any atom is 0.264 e. The highest BCUT2D eigenvalue weighted by Gasteiger charge is 2.32. The van der Waals surface area contributed by atoms with Gasteiger partial charge >= 0.3 is 0 Å². The molecule has 0 N–H and O–H groups in total. The summed E-state index contributed by atoms with van der Waals surface area (Å²) >= 11 is 0. The van der Waals surface area contributed by atoms with Gasteiger partial charge in [-0.2, -0.15) is 0 Å². The molecule has 0 bridgehead atoms. The molecule has 2 aliphatic rings. The van der Waals surface area contributed by atoms with Crippen molar-refractivity contribution >= 4 is 21.6 Å². The molecule has 1 fully saturated rings. The van der Waals surface area contributed by atoms with Gasteiger partial charge in [0.15, 0.2) is 0 Å². The summed E-state index contributed by atoms with van der Waals surface area (Å²) in [7, 11) is -2.27. The highest BCUT2D eigenvalue weighted by molar-refractivity contribution is 7.92. The molecule has 29 heavy (non-hydrogen) atoms. The first-order valence-corrected chi connectivity index (χ1v) is 11.4. The van der Waals surface area contributed by atoms with Crippen molar-refractivity contribution in [2.45, 2.75) is 31.1 Å². The number of rotatable bonds is 4. The Morgan fingerprint density at radius 1 is 1.14 bits per heavy atom. The largest absolute Gasteiger partial charge is 0.496 e. The van der Waals surface area contributed by atoms with E-state index in [1.165, 1.54) is 23.5 Å². The summed E-state index contributed by atoms with van der Waals surface area (Å²) in [5.74, 6) is 0.660. The van der Waals surface area contributed by atoms with Crippen LogP contribution in [0.5, 0.6) is 5.75 Å². The summed E-state index contributed by atoms with van der Waals surface area (Å²) in [4.78, 5) is 15.1. The number of anilines is 1. The lowest BCUT2D eigenvalue weighted by molar-refractivity contribution is 0.0679. The highest BCUT2D eigenvalue weighted by atomic mass is 32.2. The van der Waals surface area contributed by atoms with Crippen LogP contribution in [0.3, 0.4) is 0 Å². The summed E-state index contributed by atoms with van der Waals surface area (Å²) in [5, 5.41) is 0. The number of ether oxygens (including phenoxy) is 1. The first-order chi connectivity index (χ1) is 13.9. The average Bonchev–Trinajstić information content (AvgIpc) is 3.17. The van der Waals surface area contributed by atoms with Gasteiger partial charge < -0.3 is 9.64 Å². The molecule has 154 valence electrons. The van der Waals surface area contributed by atoms with E-state index >= 15 is 0 Å². The molecule has 0 spiro atoms. The van der Waals surface area contributed by atoms with E-state index in [-0.39, 0.29) is 10.8 Å². The zero-order chi connectivity index (χ0) is 20.6. The quantitative estimate of drug-likeness (QED) is 0.770. The molecule has 0 aromatic heterocycles. The number of carbonyl (C=O) groups is 1. The molecule has 0 unspecified atom stereocenters. The number of hydrogen-bond donors (Lipinski definition) is 0. The third-order valence-corrected chi connectivity index (χ3v) is 7.59. The summed E-state index contributed by atoms with van der Waals surface area (Å²) in [6, 6.07) is 12.1. The summed E-state index contributed by atoms with van der Waals surface area (Å²) in [5.41, 5.74) is 2.03. The van der Waals surface area contributed by atoms with Gasteiger partial charge in [-0.25, -0.2) is 8.42 Å². The van der Waals surface area contributed by atoms with Crippen molar-refractivity contribution in [3.63, 3.8) is 0 Å². The first kappa shape index (κ1) is 19.8. The average molecular weight is 415 g/mol. The number of carbonyl (C=O) groups excluding carboxylic acids is 1. The predicted molar refractivity (Wildman–Crippen MR) is 112 cm³/mol. The number of piperidine rings is 1. The molecule has 1 atom stereocenters. The van der Waals surface area contributed by atoms with Gasteiger partial charge in [0.05, 0.1) is 23.3 Å². The maximum absolute atomic E-state index is 13.4. The third kappa shape index (κ3) is 3.59. The number of hydrogen-bond acceptors (Lipinski definition) is 4. The van der Waals surface area contributed by atoms with Gasteiger partial charge in [-0.3, -0.25) is 9.10 Å². The second-order valence-corrected chi connectivity index (χ2v) is 9.68. The second-order valence-electron chi connectivity index (χ2n) is 7.82. The Labute approximate surface area is 172 Å². The van der Waals surface area contributed by atoms with E-state index in [9.17, 15) is 13.2 Å². The van der Waals surface area contributed by atoms with Gasteiger partial charge in [-0.05, 0) is 55.0 Å². The number of sulfonamides is 1. The highest BCUT2D eigenvalue weighted by Crippen LogP contribution is 2.34. The minimum absolute atomic E-state index is 0.114.